The first-order valence-electron chi connectivity index (χ1n) is 15.7. The van der Waals surface area contributed by atoms with Gasteiger partial charge in [-0.2, -0.15) is 34.8 Å². The van der Waals surface area contributed by atoms with E-state index in [1.807, 2.05) is 0 Å². The van der Waals surface area contributed by atoms with Crippen molar-refractivity contribution in [2.45, 2.75) is 90.8 Å². The van der Waals surface area contributed by atoms with E-state index in [1.54, 1.807) is 65.8 Å². The molecule has 0 bridgehead atoms. The molecule has 1 N–H and O–H groups in total. The number of ether oxygens (including phenoxy) is 3. The minimum atomic E-state index is -6.06. The second-order valence-electron chi connectivity index (χ2n) is 13.5. The van der Waals surface area contributed by atoms with Gasteiger partial charge in [0.05, 0.1) is 16.5 Å². The Kier molecular flexibility index (Phi) is 11.7. The van der Waals surface area contributed by atoms with Crippen LogP contribution in [-0.4, -0.2) is 42.2 Å². The normalized spacial score (nSPS) is 13.4. The molecule has 284 valence electrons. The number of benzene rings is 4. The fourth-order valence-electron chi connectivity index (χ4n) is 5.05. The minimum Gasteiger partial charge on any atom is -0.466 e. The van der Waals surface area contributed by atoms with E-state index in [0.29, 0.717) is 17.2 Å². The molecule has 0 aromatic heterocycles. The molecule has 0 aliphatic carbocycles. The number of carbonyl (C=O) groups is 2. The Morgan fingerprint density at radius 3 is 1.62 bits per heavy atom. The first kappa shape index (κ1) is 41.2. The van der Waals surface area contributed by atoms with Gasteiger partial charge in [0, 0.05) is 5.56 Å². The lowest BCUT2D eigenvalue weighted by atomic mass is 10.0. The highest BCUT2D eigenvalue weighted by Crippen LogP contribution is 2.48. The molecule has 0 spiro atoms. The zero-order chi connectivity index (χ0) is 39.7. The largest absolute Gasteiger partial charge is 0.466 e. The van der Waals surface area contributed by atoms with Crippen LogP contribution in [-0.2, 0) is 52.4 Å². The number of alkyl halides is 6. The Balaban J connectivity index is 1.88. The maximum Gasteiger partial charge on any atom is 0.422 e. The van der Waals surface area contributed by atoms with E-state index < -0.39 is 83.5 Å². The summed E-state index contributed by atoms with van der Waals surface area (Å²) in [5.74, 6) is -2.01. The molecule has 4 aromatic rings. The van der Waals surface area contributed by atoms with Gasteiger partial charge in [0.2, 0.25) is 0 Å². The van der Waals surface area contributed by atoms with Gasteiger partial charge in [-0.25, -0.2) is 9.59 Å². The third-order valence-corrected chi connectivity index (χ3v) is 10.1. The molecule has 0 aliphatic heterocycles. The maximum atomic E-state index is 14.7. The van der Waals surface area contributed by atoms with Crippen LogP contribution >= 0.6 is 0 Å². The van der Waals surface area contributed by atoms with Gasteiger partial charge in [-0.3, -0.25) is 4.55 Å². The van der Waals surface area contributed by atoms with Gasteiger partial charge in [-0.05, 0) is 102 Å². The molecule has 1 unspecified atom stereocenters. The van der Waals surface area contributed by atoms with Gasteiger partial charge in [-0.1, -0.05) is 36.4 Å². The zero-order valence-corrected chi connectivity index (χ0v) is 30.8. The van der Waals surface area contributed by atoms with Crippen molar-refractivity contribution in [1.82, 2.24) is 0 Å². The molecule has 0 saturated heterocycles. The number of hydrogen-bond donors (Lipinski definition) is 1. The van der Waals surface area contributed by atoms with Crippen molar-refractivity contribution in [1.29, 1.82) is 0 Å². The minimum absolute atomic E-state index is 0.0314. The first-order valence-corrected chi connectivity index (χ1v) is 18.3. The van der Waals surface area contributed by atoms with E-state index in [1.165, 1.54) is 54.6 Å². The van der Waals surface area contributed by atoms with Crippen molar-refractivity contribution in [3.63, 3.8) is 0 Å². The Labute approximate surface area is 305 Å². The van der Waals surface area contributed by atoms with Crippen LogP contribution in [0.25, 0.3) is 11.1 Å². The van der Waals surface area contributed by atoms with Gasteiger partial charge >= 0.3 is 24.3 Å². The van der Waals surface area contributed by atoms with Crippen LogP contribution in [0, 0.1) is 0 Å². The second-order valence-corrected chi connectivity index (χ2v) is 16.8. The smallest absolute Gasteiger partial charge is 0.422 e. The van der Waals surface area contributed by atoms with E-state index in [4.69, 9.17) is 14.2 Å². The highest BCUT2D eigenvalue weighted by Gasteiger charge is 2.51. The van der Waals surface area contributed by atoms with Crippen LogP contribution in [0.5, 0.6) is 5.75 Å². The summed E-state index contributed by atoms with van der Waals surface area (Å²) >= 11 is 0. The summed E-state index contributed by atoms with van der Waals surface area (Å²) < 4.78 is 137. The van der Waals surface area contributed by atoms with Gasteiger partial charge in [0.1, 0.15) is 27.4 Å². The van der Waals surface area contributed by atoms with Crippen molar-refractivity contribution in [2.75, 3.05) is 0 Å². The SMILES string of the molecule is CC(C)(C)OC(=O)C(Oc1ccccc1-c1ccc([S+](c2ccccc2)c2ccc(C(F)(F)F)c(S(=O)(=O)O)c2C(F)(F)F)cc1)C(=O)OC(C)(C)C. The zero-order valence-electron chi connectivity index (χ0n) is 29.1. The lowest BCUT2D eigenvalue weighted by molar-refractivity contribution is -0.179. The predicted octanol–water partition coefficient (Wildman–Crippen LogP) is 9.16. The van der Waals surface area contributed by atoms with Crippen LogP contribution in [0.2, 0.25) is 0 Å². The molecule has 4 rings (SSSR count). The quantitative estimate of drug-likeness (QED) is 0.0588. The molecule has 0 heterocycles. The molecule has 8 nitrogen and oxygen atoms in total. The van der Waals surface area contributed by atoms with E-state index in [9.17, 15) is 48.9 Å². The number of para-hydroxylation sites is 1. The van der Waals surface area contributed by atoms with Crippen molar-refractivity contribution in [3.8, 4) is 16.9 Å². The summed E-state index contributed by atoms with van der Waals surface area (Å²) in [5, 5.41) is 0. The number of esters is 2. The highest BCUT2D eigenvalue weighted by molar-refractivity contribution is 7.97. The first-order chi connectivity index (χ1) is 24.3. The van der Waals surface area contributed by atoms with E-state index in [0.717, 1.165) is 0 Å². The van der Waals surface area contributed by atoms with Crippen LogP contribution in [0.15, 0.2) is 111 Å². The lowest BCUT2D eigenvalue weighted by Crippen LogP contribution is -2.44. The Morgan fingerprint density at radius 2 is 1.15 bits per heavy atom. The molecule has 16 heteroatoms. The van der Waals surface area contributed by atoms with E-state index >= 15 is 0 Å². The number of hydrogen-bond acceptors (Lipinski definition) is 7. The van der Waals surface area contributed by atoms with Gasteiger partial charge in [0.25, 0.3) is 16.2 Å². The summed E-state index contributed by atoms with van der Waals surface area (Å²) in [6, 6.07) is 20.1. The number of rotatable bonds is 9. The monoisotopic (exact) mass is 785 g/mol. The van der Waals surface area contributed by atoms with Crippen LogP contribution < -0.4 is 4.74 Å². The summed E-state index contributed by atoms with van der Waals surface area (Å²) in [6.45, 7) is 9.59. The van der Waals surface area contributed by atoms with Crippen molar-refractivity contribution >= 4 is 33.0 Å². The third kappa shape index (κ3) is 10.3. The summed E-state index contributed by atoms with van der Waals surface area (Å²) in [6.07, 6.45) is -13.1. The van der Waals surface area contributed by atoms with E-state index in [-0.39, 0.29) is 21.6 Å². The fourth-order valence-corrected chi connectivity index (χ4v) is 8.30. The van der Waals surface area contributed by atoms with Crippen LogP contribution in [0.3, 0.4) is 0 Å². The predicted molar refractivity (Wildman–Crippen MR) is 183 cm³/mol. The summed E-state index contributed by atoms with van der Waals surface area (Å²) in [4.78, 5) is 23.5. The molecule has 0 amide bonds. The lowest BCUT2D eigenvalue weighted by Gasteiger charge is -2.27. The van der Waals surface area contributed by atoms with Crippen molar-refractivity contribution in [3.05, 3.63) is 102 Å². The maximum absolute atomic E-state index is 14.7. The second kappa shape index (κ2) is 15.1. The molecule has 0 aliphatic rings. The average Bonchev–Trinajstić information content (AvgIpc) is 3.01. The molecule has 0 radical (unpaired) electrons. The molecular formula is C37H35F6O8S2+. The summed E-state index contributed by atoms with van der Waals surface area (Å²) in [5.41, 5.74) is -5.60. The molecule has 53 heavy (non-hydrogen) atoms. The third-order valence-electron chi connectivity index (χ3n) is 6.94. The van der Waals surface area contributed by atoms with Gasteiger partial charge in [0.15, 0.2) is 14.7 Å². The van der Waals surface area contributed by atoms with Crippen molar-refractivity contribution < 1.29 is 63.1 Å². The van der Waals surface area contributed by atoms with Crippen molar-refractivity contribution in [2.24, 2.45) is 0 Å². The molecule has 0 saturated carbocycles. The van der Waals surface area contributed by atoms with E-state index in [2.05, 4.69) is 0 Å². The highest BCUT2D eigenvalue weighted by atomic mass is 32.2. The topological polar surface area (TPSA) is 116 Å². The molecule has 0 fully saturated rings. The fraction of sp³-hybridized carbons (Fsp3) is 0.297. The van der Waals surface area contributed by atoms with Crippen LogP contribution in [0.4, 0.5) is 26.3 Å². The number of carbonyl (C=O) groups excluding carboxylic acids is 2. The number of halogens is 6. The van der Waals surface area contributed by atoms with Gasteiger partial charge in [-0.15, -0.1) is 0 Å². The Bertz CT molecular complexity index is 2040. The average molecular weight is 786 g/mol. The van der Waals surface area contributed by atoms with Gasteiger partial charge < -0.3 is 14.2 Å². The summed E-state index contributed by atoms with van der Waals surface area (Å²) in [7, 11) is -7.94. The Morgan fingerprint density at radius 1 is 0.660 bits per heavy atom. The molecular weight excluding hydrogens is 751 g/mol. The standard InChI is InChI=1S/C37H34F6O8S2/c1-34(2,3)50-32(44)30(33(45)51-35(4,5)6)49-27-15-11-10-14-25(27)22-16-18-24(19-17-22)52(23-12-8-7-9-13-23)28-21-20-26(36(38,39)40)31(53(46,47)48)29(28)37(41,42)43/h7-21,30H,1-6H3/p+1. The van der Waals surface area contributed by atoms with Crippen LogP contribution in [0.1, 0.15) is 52.7 Å². The molecule has 4 aromatic carbocycles. The Hall–Kier alpha value is -4.54. The molecule has 1 atom stereocenters.